The van der Waals surface area contributed by atoms with Crippen LogP contribution in [0.4, 0.5) is 0 Å². The Morgan fingerprint density at radius 2 is 1.26 bits per heavy atom. The molecule has 6 aliphatic rings. The van der Waals surface area contributed by atoms with Crippen LogP contribution < -0.4 is 0 Å². The molecule has 202 valence electrons. The van der Waals surface area contributed by atoms with Crippen molar-refractivity contribution in [2.24, 2.45) is 69.0 Å². The lowest BCUT2D eigenvalue weighted by Gasteiger charge is -2.37. The van der Waals surface area contributed by atoms with Crippen molar-refractivity contribution in [1.29, 1.82) is 0 Å². The van der Waals surface area contributed by atoms with Crippen LogP contribution in [0.5, 0.6) is 0 Å². The summed E-state index contributed by atoms with van der Waals surface area (Å²) in [5.41, 5.74) is 2.89. The summed E-state index contributed by atoms with van der Waals surface area (Å²) in [5.74, 6) is 6.12. The zero-order valence-corrected chi connectivity index (χ0v) is 25.0. The van der Waals surface area contributed by atoms with Crippen LogP contribution >= 0.6 is 0 Å². The standard InChI is InChI=1S/C12H22O.C11H18.C10H18O/c1-10(2)6-9-11(3,4)8(10)7-12(9,5)13;1-7-5-10-8(2)6-9(7)11(10,3)4;1-6-4-8-9(11)5-7(6)10(8,2)3/h8-9,13H,6-7H2,1-5H3;8-10H,1,5-6H2,2-4H3;6-9,11H,4-5H2,1-3H3. The molecular weight excluding hydrogens is 428 g/mol. The Labute approximate surface area is 217 Å². The molecule has 0 amide bonds. The van der Waals surface area contributed by atoms with Crippen molar-refractivity contribution >= 4 is 0 Å². The Morgan fingerprint density at radius 3 is 1.51 bits per heavy atom. The largest absolute Gasteiger partial charge is 0.393 e. The van der Waals surface area contributed by atoms with Crippen LogP contribution in [0.3, 0.4) is 0 Å². The highest BCUT2D eigenvalue weighted by Crippen LogP contribution is 2.68. The molecule has 10 unspecified atom stereocenters. The smallest absolute Gasteiger partial charge is 0.0656 e. The molecule has 0 aromatic rings. The molecule has 35 heavy (non-hydrogen) atoms. The first-order chi connectivity index (χ1) is 15.7. The van der Waals surface area contributed by atoms with E-state index in [2.05, 4.69) is 75.8 Å². The van der Waals surface area contributed by atoms with Gasteiger partial charge in [0, 0.05) is 0 Å². The van der Waals surface area contributed by atoms with Gasteiger partial charge in [0.1, 0.15) is 0 Å². The number of hydrogen-bond donors (Lipinski definition) is 2. The van der Waals surface area contributed by atoms with Gasteiger partial charge in [-0.05, 0) is 114 Å². The summed E-state index contributed by atoms with van der Waals surface area (Å²) >= 11 is 0. The number of aliphatic hydroxyl groups is 2. The normalized spacial score (nSPS) is 50.5. The number of allylic oxidation sites excluding steroid dienone is 1. The van der Waals surface area contributed by atoms with Crippen molar-refractivity contribution in [1.82, 2.24) is 0 Å². The Morgan fingerprint density at radius 1 is 0.686 bits per heavy atom. The molecule has 6 rings (SSSR count). The third-order valence-corrected chi connectivity index (χ3v) is 13.1. The maximum absolute atomic E-state index is 10.3. The van der Waals surface area contributed by atoms with E-state index in [9.17, 15) is 10.2 Å². The number of rotatable bonds is 0. The van der Waals surface area contributed by atoms with E-state index in [-0.39, 0.29) is 6.10 Å². The van der Waals surface area contributed by atoms with Gasteiger partial charge in [0.2, 0.25) is 0 Å². The molecule has 6 fully saturated rings. The molecule has 10 atom stereocenters. The van der Waals surface area contributed by atoms with Crippen molar-refractivity contribution in [3.05, 3.63) is 12.2 Å². The van der Waals surface area contributed by atoms with Crippen LogP contribution in [0, 0.1) is 69.0 Å². The quantitative estimate of drug-likeness (QED) is 0.339. The first-order valence-corrected chi connectivity index (χ1v) is 14.8. The van der Waals surface area contributed by atoms with E-state index in [1.165, 1.54) is 31.3 Å². The molecule has 2 nitrogen and oxygen atoms in total. The molecule has 0 saturated heterocycles. The molecule has 6 saturated carbocycles. The number of fused-ring (bicyclic) bond motifs is 6. The minimum Gasteiger partial charge on any atom is -0.393 e. The molecule has 2 heteroatoms. The van der Waals surface area contributed by atoms with Crippen molar-refractivity contribution in [2.75, 3.05) is 0 Å². The molecule has 2 N–H and O–H groups in total. The summed E-state index contributed by atoms with van der Waals surface area (Å²) in [5, 5.41) is 19.9. The Hall–Kier alpha value is -0.340. The first kappa shape index (κ1) is 27.7. The van der Waals surface area contributed by atoms with Crippen LogP contribution in [0.2, 0.25) is 0 Å². The fourth-order valence-electron chi connectivity index (χ4n) is 11.2. The molecule has 6 aliphatic carbocycles. The van der Waals surface area contributed by atoms with Crippen molar-refractivity contribution in [3.63, 3.8) is 0 Å². The zero-order chi connectivity index (χ0) is 26.5. The van der Waals surface area contributed by atoms with E-state index in [0.29, 0.717) is 39.4 Å². The molecule has 0 aromatic heterocycles. The van der Waals surface area contributed by atoms with E-state index in [0.717, 1.165) is 42.4 Å². The summed E-state index contributed by atoms with van der Waals surface area (Å²) in [6.45, 7) is 29.8. The first-order valence-electron chi connectivity index (χ1n) is 14.8. The second kappa shape index (κ2) is 8.33. The van der Waals surface area contributed by atoms with Gasteiger partial charge in [0.15, 0.2) is 0 Å². The van der Waals surface area contributed by atoms with Gasteiger partial charge < -0.3 is 10.2 Å². The lowest BCUT2D eigenvalue weighted by atomic mass is 9.71. The van der Waals surface area contributed by atoms with E-state index < -0.39 is 5.60 Å². The summed E-state index contributed by atoms with van der Waals surface area (Å²) in [7, 11) is 0. The molecule has 0 aromatic carbocycles. The highest BCUT2D eigenvalue weighted by molar-refractivity contribution is 5.21. The zero-order valence-electron chi connectivity index (χ0n) is 25.0. The number of aliphatic hydroxyl groups excluding tert-OH is 1. The fraction of sp³-hybridized carbons (Fsp3) is 0.939. The molecule has 0 radical (unpaired) electrons. The second-order valence-corrected chi connectivity index (χ2v) is 16.8. The van der Waals surface area contributed by atoms with E-state index in [1.54, 1.807) is 0 Å². The van der Waals surface area contributed by atoms with Gasteiger partial charge in [0.05, 0.1) is 11.7 Å². The lowest BCUT2D eigenvalue weighted by Crippen LogP contribution is -2.37. The molecule has 0 spiro atoms. The van der Waals surface area contributed by atoms with Crippen LogP contribution in [0.25, 0.3) is 0 Å². The van der Waals surface area contributed by atoms with Crippen molar-refractivity contribution in [2.45, 2.75) is 126 Å². The average Bonchev–Trinajstić information content (AvgIpc) is 3.35. The minimum absolute atomic E-state index is 0.00574. The average molecular weight is 487 g/mol. The molecule has 0 heterocycles. The van der Waals surface area contributed by atoms with Gasteiger partial charge in [-0.3, -0.25) is 0 Å². The lowest BCUT2D eigenvalue weighted by molar-refractivity contribution is -0.0270. The molecule has 0 aliphatic heterocycles. The Balaban J connectivity index is 0.000000124. The molecular formula is C33H58O2. The SMILES string of the molecule is C=C1CC2C(C)CC1C2(C)C.CC1(C)CC2C(C)(O)CC1C2(C)C.CC1CC2C(O)CC1C2(C)C. The monoisotopic (exact) mass is 486 g/mol. The summed E-state index contributed by atoms with van der Waals surface area (Å²) in [4.78, 5) is 0. The minimum atomic E-state index is -0.399. The summed E-state index contributed by atoms with van der Waals surface area (Å²) < 4.78 is 0. The topological polar surface area (TPSA) is 40.5 Å². The second-order valence-electron chi connectivity index (χ2n) is 16.8. The van der Waals surface area contributed by atoms with E-state index >= 15 is 0 Å². The fourth-order valence-corrected chi connectivity index (χ4v) is 11.2. The van der Waals surface area contributed by atoms with Crippen LogP contribution in [-0.2, 0) is 0 Å². The van der Waals surface area contributed by atoms with Gasteiger partial charge in [-0.2, -0.15) is 0 Å². The number of hydrogen-bond acceptors (Lipinski definition) is 2. The third kappa shape index (κ3) is 4.20. The maximum Gasteiger partial charge on any atom is 0.0656 e. The van der Waals surface area contributed by atoms with Crippen LogP contribution in [0.15, 0.2) is 12.2 Å². The van der Waals surface area contributed by atoms with Gasteiger partial charge >= 0.3 is 0 Å². The highest BCUT2D eigenvalue weighted by Gasteiger charge is 2.65. The van der Waals surface area contributed by atoms with E-state index in [4.69, 9.17) is 0 Å². The predicted molar refractivity (Wildman–Crippen MR) is 148 cm³/mol. The highest BCUT2D eigenvalue weighted by atomic mass is 16.3. The third-order valence-electron chi connectivity index (χ3n) is 13.1. The van der Waals surface area contributed by atoms with Crippen molar-refractivity contribution in [3.8, 4) is 0 Å². The maximum atomic E-state index is 10.3. The van der Waals surface area contributed by atoms with Crippen molar-refractivity contribution < 1.29 is 10.2 Å². The van der Waals surface area contributed by atoms with Gasteiger partial charge in [-0.15, -0.1) is 0 Å². The molecule has 6 bridgehead atoms. The van der Waals surface area contributed by atoms with E-state index in [1.807, 2.05) is 6.92 Å². The van der Waals surface area contributed by atoms with Gasteiger partial charge in [-0.1, -0.05) is 81.4 Å². The predicted octanol–water partition coefficient (Wildman–Crippen LogP) is 8.12. The Bertz CT molecular complexity index is 788. The van der Waals surface area contributed by atoms with Gasteiger partial charge in [0.25, 0.3) is 0 Å². The van der Waals surface area contributed by atoms with Crippen LogP contribution in [-0.4, -0.2) is 21.9 Å². The Kier molecular flexibility index (Phi) is 6.59. The summed E-state index contributed by atoms with van der Waals surface area (Å²) in [6.07, 6.45) is 7.20. The summed E-state index contributed by atoms with van der Waals surface area (Å²) in [6, 6.07) is 0. The van der Waals surface area contributed by atoms with Gasteiger partial charge in [-0.25, -0.2) is 0 Å². The van der Waals surface area contributed by atoms with Crippen LogP contribution in [0.1, 0.15) is 115 Å².